The van der Waals surface area contributed by atoms with Crippen molar-refractivity contribution < 1.29 is 9.47 Å². The van der Waals surface area contributed by atoms with Crippen LogP contribution in [-0.4, -0.2) is 42.5 Å². The van der Waals surface area contributed by atoms with E-state index in [1.807, 2.05) is 0 Å². The molecule has 26 heavy (non-hydrogen) atoms. The van der Waals surface area contributed by atoms with Crippen LogP contribution in [0.5, 0.6) is 0 Å². The van der Waals surface area contributed by atoms with E-state index in [1.54, 1.807) is 0 Å². The highest BCUT2D eigenvalue weighted by Crippen LogP contribution is 2.48. The molecule has 0 aromatic rings. The Labute approximate surface area is 161 Å². The van der Waals surface area contributed by atoms with Gasteiger partial charge in [-0.2, -0.15) is 0 Å². The summed E-state index contributed by atoms with van der Waals surface area (Å²) in [5.41, 5.74) is 0.385. The molecule has 0 N–H and O–H groups in total. The summed E-state index contributed by atoms with van der Waals surface area (Å²) < 4.78 is 13.0. The molecule has 150 valence electrons. The molecule has 3 fully saturated rings. The summed E-state index contributed by atoms with van der Waals surface area (Å²) in [6.45, 7) is 16.2. The molecule has 3 heteroatoms. The van der Waals surface area contributed by atoms with Gasteiger partial charge in [0, 0.05) is 31.5 Å². The van der Waals surface area contributed by atoms with Gasteiger partial charge in [0.25, 0.3) is 0 Å². The minimum atomic E-state index is -0.321. The molecule has 0 bridgehead atoms. The first kappa shape index (κ1) is 20.4. The average molecular weight is 364 g/mol. The van der Waals surface area contributed by atoms with E-state index >= 15 is 0 Å². The minimum absolute atomic E-state index is 0.213. The number of nitrogens with zero attached hydrogens (tertiary/aromatic N) is 1. The summed E-state index contributed by atoms with van der Waals surface area (Å²) in [4.78, 5) is 2.60. The van der Waals surface area contributed by atoms with Crippen molar-refractivity contribution in [3.63, 3.8) is 0 Å². The lowest BCUT2D eigenvalue weighted by Crippen LogP contribution is -2.47. The van der Waals surface area contributed by atoms with Gasteiger partial charge in [-0.3, -0.25) is 4.90 Å². The van der Waals surface area contributed by atoms with E-state index in [-0.39, 0.29) is 11.9 Å². The van der Waals surface area contributed by atoms with Gasteiger partial charge >= 0.3 is 0 Å². The molecule has 0 aromatic heterocycles. The molecule has 3 aliphatic rings. The molecule has 1 saturated heterocycles. The van der Waals surface area contributed by atoms with Crippen LogP contribution in [0, 0.1) is 17.3 Å². The van der Waals surface area contributed by atoms with Gasteiger partial charge in [0.05, 0.1) is 12.7 Å². The van der Waals surface area contributed by atoms with E-state index in [0.29, 0.717) is 17.4 Å². The fourth-order valence-electron chi connectivity index (χ4n) is 5.44. The Morgan fingerprint density at radius 2 is 1.88 bits per heavy atom. The number of hydrogen-bond acceptors (Lipinski definition) is 3. The molecule has 4 atom stereocenters. The van der Waals surface area contributed by atoms with E-state index in [4.69, 9.17) is 9.47 Å². The van der Waals surface area contributed by atoms with Crippen molar-refractivity contribution >= 4 is 0 Å². The molecule has 1 aliphatic heterocycles. The summed E-state index contributed by atoms with van der Waals surface area (Å²) in [5.74, 6) is 0.931. The van der Waals surface area contributed by atoms with Crippen molar-refractivity contribution in [1.82, 2.24) is 4.90 Å². The molecule has 1 spiro atoms. The normalized spacial score (nSPS) is 36.7. The van der Waals surface area contributed by atoms with Crippen LogP contribution < -0.4 is 0 Å². The molecule has 2 saturated carbocycles. The summed E-state index contributed by atoms with van der Waals surface area (Å²) in [6.07, 6.45) is 12.6. The third kappa shape index (κ3) is 4.54. The predicted octanol–water partition coefficient (Wildman–Crippen LogP) is 5.40. The van der Waals surface area contributed by atoms with Gasteiger partial charge in [0.2, 0.25) is 0 Å². The summed E-state index contributed by atoms with van der Waals surface area (Å²) >= 11 is 0. The van der Waals surface area contributed by atoms with Crippen LogP contribution in [0.3, 0.4) is 0 Å². The van der Waals surface area contributed by atoms with Crippen LogP contribution in [0.2, 0.25) is 0 Å². The first-order chi connectivity index (χ1) is 12.3. The second-order valence-electron chi connectivity index (χ2n) is 10.1. The molecular formula is C23H41NO2. The Morgan fingerprint density at radius 1 is 1.15 bits per heavy atom. The standard InChI is InChI=1S/C23H41NO2/c1-6-14-24(20-10-8-7-9-11-20)16-21-17-25-23(26-21)13-12-19(15-18(23)2)22(3,4)5/h6,18-21H,1,7-17H2,2-5H3. The molecule has 0 aromatic carbocycles. The van der Waals surface area contributed by atoms with E-state index < -0.39 is 0 Å². The molecule has 0 amide bonds. The monoisotopic (exact) mass is 363 g/mol. The topological polar surface area (TPSA) is 21.7 Å². The minimum Gasteiger partial charge on any atom is -0.347 e. The highest BCUT2D eigenvalue weighted by molar-refractivity contribution is 4.94. The highest BCUT2D eigenvalue weighted by Gasteiger charge is 2.50. The van der Waals surface area contributed by atoms with Gasteiger partial charge in [-0.25, -0.2) is 0 Å². The summed E-state index contributed by atoms with van der Waals surface area (Å²) in [5, 5.41) is 0. The largest absolute Gasteiger partial charge is 0.347 e. The van der Waals surface area contributed by atoms with Crippen molar-refractivity contribution in [3.8, 4) is 0 Å². The predicted molar refractivity (Wildman–Crippen MR) is 108 cm³/mol. The van der Waals surface area contributed by atoms with Crippen molar-refractivity contribution in [3.05, 3.63) is 12.7 Å². The quantitative estimate of drug-likeness (QED) is 0.610. The van der Waals surface area contributed by atoms with E-state index in [0.717, 1.165) is 32.0 Å². The molecule has 1 heterocycles. The third-order valence-corrected chi connectivity index (χ3v) is 7.23. The number of hydrogen-bond donors (Lipinski definition) is 0. The Kier molecular flexibility index (Phi) is 6.52. The maximum Gasteiger partial charge on any atom is 0.171 e. The molecule has 3 rings (SSSR count). The molecule has 2 aliphatic carbocycles. The second kappa shape index (κ2) is 8.32. The Balaban J connectivity index is 1.58. The van der Waals surface area contributed by atoms with Gasteiger partial charge in [-0.1, -0.05) is 53.0 Å². The zero-order chi connectivity index (χ0) is 18.8. The zero-order valence-electron chi connectivity index (χ0n) is 17.6. The molecule has 0 radical (unpaired) electrons. The fourth-order valence-corrected chi connectivity index (χ4v) is 5.44. The third-order valence-electron chi connectivity index (χ3n) is 7.23. The van der Waals surface area contributed by atoms with E-state index in [2.05, 4.69) is 45.2 Å². The lowest BCUT2D eigenvalue weighted by molar-refractivity contribution is -0.228. The average Bonchev–Trinajstić information content (AvgIpc) is 3.01. The van der Waals surface area contributed by atoms with Crippen LogP contribution >= 0.6 is 0 Å². The van der Waals surface area contributed by atoms with Crippen molar-refractivity contribution in [2.45, 2.75) is 97.0 Å². The highest BCUT2D eigenvalue weighted by atomic mass is 16.7. The lowest BCUT2D eigenvalue weighted by atomic mass is 9.67. The van der Waals surface area contributed by atoms with Crippen LogP contribution in [0.15, 0.2) is 12.7 Å². The zero-order valence-corrected chi connectivity index (χ0v) is 17.6. The second-order valence-corrected chi connectivity index (χ2v) is 10.1. The number of rotatable bonds is 5. The van der Waals surface area contributed by atoms with Crippen molar-refractivity contribution in [1.29, 1.82) is 0 Å². The smallest absolute Gasteiger partial charge is 0.171 e. The van der Waals surface area contributed by atoms with Crippen molar-refractivity contribution in [2.75, 3.05) is 19.7 Å². The Bertz CT molecular complexity index is 465. The van der Waals surface area contributed by atoms with Gasteiger partial charge in [-0.05, 0) is 37.0 Å². The van der Waals surface area contributed by atoms with Gasteiger partial charge in [0.15, 0.2) is 5.79 Å². The maximum absolute atomic E-state index is 6.63. The van der Waals surface area contributed by atoms with Gasteiger partial charge < -0.3 is 9.47 Å². The fraction of sp³-hybridized carbons (Fsp3) is 0.913. The number of ether oxygens (including phenoxy) is 2. The van der Waals surface area contributed by atoms with Gasteiger partial charge in [0.1, 0.15) is 0 Å². The van der Waals surface area contributed by atoms with Crippen LogP contribution in [0.4, 0.5) is 0 Å². The van der Waals surface area contributed by atoms with Crippen LogP contribution in [-0.2, 0) is 9.47 Å². The Morgan fingerprint density at radius 3 is 2.50 bits per heavy atom. The first-order valence-electron chi connectivity index (χ1n) is 11.0. The van der Waals surface area contributed by atoms with Crippen LogP contribution in [0.1, 0.15) is 79.1 Å². The van der Waals surface area contributed by atoms with Crippen molar-refractivity contribution in [2.24, 2.45) is 17.3 Å². The maximum atomic E-state index is 6.63. The van der Waals surface area contributed by atoms with E-state index in [9.17, 15) is 0 Å². The summed E-state index contributed by atoms with van der Waals surface area (Å²) in [6, 6.07) is 0.705. The first-order valence-corrected chi connectivity index (χ1v) is 11.0. The summed E-state index contributed by atoms with van der Waals surface area (Å²) in [7, 11) is 0. The van der Waals surface area contributed by atoms with Crippen LogP contribution in [0.25, 0.3) is 0 Å². The lowest BCUT2D eigenvalue weighted by Gasteiger charge is -2.45. The van der Waals surface area contributed by atoms with Gasteiger partial charge in [-0.15, -0.1) is 6.58 Å². The molecular weight excluding hydrogens is 322 g/mol. The van der Waals surface area contributed by atoms with E-state index in [1.165, 1.54) is 44.9 Å². The SMILES string of the molecule is C=CCN(CC1COC2(CCC(C(C)(C)C)CC2C)O1)C1CCCCC1. The Hall–Kier alpha value is -0.380. The molecule has 3 nitrogen and oxygen atoms in total. The molecule has 4 unspecified atom stereocenters.